The van der Waals surface area contributed by atoms with Crippen LogP contribution in [0.4, 0.5) is 10.1 Å². The molecule has 1 aromatic heterocycles. The van der Waals surface area contributed by atoms with E-state index < -0.39 is 0 Å². The van der Waals surface area contributed by atoms with Crippen molar-refractivity contribution in [2.75, 3.05) is 18.4 Å². The van der Waals surface area contributed by atoms with Gasteiger partial charge in [-0.15, -0.1) is 0 Å². The van der Waals surface area contributed by atoms with E-state index in [2.05, 4.69) is 15.5 Å². The molecule has 2 N–H and O–H groups in total. The Morgan fingerprint density at radius 2 is 1.90 bits per heavy atom. The maximum absolute atomic E-state index is 13.0. The van der Waals surface area contributed by atoms with Crippen molar-refractivity contribution in [3.63, 3.8) is 0 Å². The molecule has 0 saturated carbocycles. The maximum Gasteiger partial charge on any atom is 0.276 e. The lowest BCUT2D eigenvalue weighted by molar-refractivity contribution is -0.129. The number of carbonyl (C=O) groups excluding carboxylic acids is 2. The fourth-order valence-electron chi connectivity index (χ4n) is 3.51. The summed E-state index contributed by atoms with van der Waals surface area (Å²) in [5, 5.41) is 9.87. The van der Waals surface area contributed by atoms with Crippen LogP contribution in [0.1, 0.15) is 34.1 Å². The maximum atomic E-state index is 13.0. The number of para-hydroxylation sites is 1. The quantitative estimate of drug-likeness (QED) is 0.699. The minimum Gasteiger partial charge on any atom is -0.342 e. The summed E-state index contributed by atoms with van der Waals surface area (Å²) in [5.41, 5.74) is 2.67. The van der Waals surface area contributed by atoms with Gasteiger partial charge in [0, 0.05) is 30.4 Å². The van der Waals surface area contributed by atoms with Crippen molar-refractivity contribution in [2.24, 2.45) is 0 Å². The van der Waals surface area contributed by atoms with Gasteiger partial charge in [-0.3, -0.25) is 14.7 Å². The lowest BCUT2D eigenvalue weighted by atomic mass is 10.0. The van der Waals surface area contributed by atoms with Crippen LogP contribution in [0.2, 0.25) is 0 Å². The third-order valence-electron chi connectivity index (χ3n) is 5.11. The third-order valence-corrected chi connectivity index (χ3v) is 5.11. The largest absolute Gasteiger partial charge is 0.342 e. The van der Waals surface area contributed by atoms with Gasteiger partial charge in [0.25, 0.3) is 5.91 Å². The van der Waals surface area contributed by atoms with Gasteiger partial charge in [-0.05, 0) is 42.3 Å². The van der Waals surface area contributed by atoms with Crippen molar-refractivity contribution in [1.29, 1.82) is 0 Å². The summed E-state index contributed by atoms with van der Waals surface area (Å²) in [7, 11) is 0. The van der Waals surface area contributed by atoms with Crippen molar-refractivity contribution in [2.45, 2.75) is 18.8 Å². The summed E-state index contributed by atoms with van der Waals surface area (Å²) in [6.07, 6.45) is 1.05. The average molecular weight is 392 g/mol. The van der Waals surface area contributed by atoms with Crippen molar-refractivity contribution >= 4 is 17.5 Å². The minimum atomic E-state index is -0.311. The van der Waals surface area contributed by atoms with E-state index in [1.54, 1.807) is 23.1 Å². The van der Waals surface area contributed by atoms with E-state index in [4.69, 9.17) is 0 Å². The molecule has 3 aromatic rings. The van der Waals surface area contributed by atoms with E-state index in [0.29, 0.717) is 24.5 Å². The van der Waals surface area contributed by atoms with E-state index in [1.165, 1.54) is 12.1 Å². The van der Waals surface area contributed by atoms with Gasteiger partial charge in [-0.1, -0.05) is 30.3 Å². The molecule has 0 aliphatic carbocycles. The molecular weight excluding hydrogens is 371 g/mol. The molecule has 2 heterocycles. The molecule has 1 aliphatic heterocycles. The summed E-state index contributed by atoms with van der Waals surface area (Å²) >= 11 is 0. The lowest BCUT2D eigenvalue weighted by Gasteiger charge is -2.16. The summed E-state index contributed by atoms with van der Waals surface area (Å²) < 4.78 is 13.0. The number of amides is 2. The highest BCUT2D eigenvalue weighted by Crippen LogP contribution is 2.27. The fraction of sp³-hybridized carbons (Fsp3) is 0.227. The number of nitrogens with zero attached hydrogens (tertiary/aromatic N) is 2. The molecular formula is C22H21FN4O2. The SMILES string of the molecule is O=C(Nc1ccccc1)c1cc([C@@H]2CCN(C(=O)Cc3ccc(F)cc3)C2)[nH]n1. The molecule has 4 rings (SSSR count). The predicted molar refractivity (Wildman–Crippen MR) is 107 cm³/mol. The van der Waals surface area contributed by atoms with Gasteiger partial charge in [0.15, 0.2) is 5.69 Å². The Morgan fingerprint density at radius 1 is 1.14 bits per heavy atom. The molecule has 1 fully saturated rings. The molecule has 1 saturated heterocycles. The molecule has 6 nitrogen and oxygen atoms in total. The van der Waals surface area contributed by atoms with Crippen LogP contribution in [0.3, 0.4) is 0 Å². The zero-order valence-electron chi connectivity index (χ0n) is 15.8. The Kier molecular flexibility index (Phi) is 5.37. The molecule has 0 unspecified atom stereocenters. The first-order chi connectivity index (χ1) is 14.1. The first-order valence-electron chi connectivity index (χ1n) is 9.52. The van der Waals surface area contributed by atoms with Crippen LogP contribution in [0.15, 0.2) is 60.7 Å². The van der Waals surface area contributed by atoms with Crippen LogP contribution in [0.25, 0.3) is 0 Å². The topological polar surface area (TPSA) is 78.1 Å². The standard InChI is InChI=1S/C22H21FN4O2/c23-17-8-6-15(7-9-17)12-21(28)27-11-10-16(14-27)19-13-20(26-25-19)22(29)24-18-4-2-1-3-5-18/h1-9,13,16H,10-12,14H2,(H,24,29)(H,25,26)/t16-/m1/s1. The van der Waals surface area contributed by atoms with Gasteiger partial charge in [0.2, 0.25) is 5.91 Å². The van der Waals surface area contributed by atoms with Crippen LogP contribution in [-0.2, 0) is 11.2 Å². The second kappa shape index (κ2) is 8.26. The average Bonchev–Trinajstić information content (AvgIpc) is 3.40. The number of carbonyl (C=O) groups is 2. The van der Waals surface area contributed by atoms with Crippen LogP contribution >= 0.6 is 0 Å². The molecule has 1 aliphatic rings. The highest BCUT2D eigenvalue weighted by molar-refractivity contribution is 6.02. The molecule has 148 valence electrons. The molecule has 0 radical (unpaired) electrons. The second-order valence-corrected chi connectivity index (χ2v) is 7.16. The van der Waals surface area contributed by atoms with Gasteiger partial charge in [-0.25, -0.2) is 4.39 Å². The first-order valence-corrected chi connectivity index (χ1v) is 9.52. The van der Waals surface area contributed by atoms with E-state index in [-0.39, 0.29) is 30.0 Å². The number of likely N-dealkylation sites (tertiary alicyclic amines) is 1. The number of benzene rings is 2. The van der Waals surface area contributed by atoms with Crippen molar-refractivity contribution in [3.05, 3.63) is 83.4 Å². The second-order valence-electron chi connectivity index (χ2n) is 7.16. The Balaban J connectivity index is 1.35. The van der Waals surface area contributed by atoms with E-state index in [0.717, 1.165) is 17.7 Å². The number of nitrogens with one attached hydrogen (secondary N) is 2. The van der Waals surface area contributed by atoms with Gasteiger partial charge >= 0.3 is 0 Å². The third kappa shape index (κ3) is 4.51. The number of aromatic amines is 1. The first kappa shape index (κ1) is 18.9. The van der Waals surface area contributed by atoms with Crippen molar-refractivity contribution in [3.8, 4) is 0 Å². The Morgan fingerprint density at radius 3 is 2.66 bits per heavy atom. The summed E-state index contributed by atoms with van der Waals surface area (Å²) in [6, 6.07) is 16.9. The number of rotatable bonds is 5. The number of aromatic nitrogens is 2. The molecule has 1 atom stereocenters. The molecule has 2 amide bonds. The highest BCUT2D eigenvalue weighted by atomic mass is 19.1. The normalized spacial score (nSPS) is 16.0. The molecule has 29 heavy (non-hydrogen) atoms. The highest BCUT2D eigenvalue weighted by Gasteiger charge is 2.29. The Bertz CT molecular complexity index is 1000. The van der Waals surface area contributed by atoms with Crippen molar-refractivity contribution < 1.29 is 14.0 Å². The number of anilines is 1. The van der Waals surface area contributed by atoms with Crippen LogP contribution < -0.4 is 5.32 Å². The van der Waals surface area contributed by atoms with Crippen molar-refractivity contribution in [1.82, 2.24) is 15.1 Å². The molecule has 0 spiro atoms. The molecule has 2 aromatic carbocycles. The van der Waals surface area contributed by atoms with E-state index >= 15 is 0 Å². The Hall–Kier alpha value is -3.48. The summed E-state index contributed by atoms with van der Waals surface area (Å²) in [6.45, 7) is 1.22. The molecule has 0 bridgehead atoms. The minimum absolute atomic E-state index is 0.0145. The summed E-state index contributed by atoms with van der Waals surface area (Å²) in [5.74, 6) is -0.465. The van der Waals surface area contributed by atoms with E-state index in [9.17, 15) is 14.0 Å². The van der Waals surface area contributed by atoms with Crippen LogP contribution in [0.5, 0.6) is 0 Å². The predicted octanol–water partition coefficient (Wildman–Crippen LogP) is 3.36. The number of hydrogen-bond acceptors (Lipinski definition) is 3. The monoisotopic (exact) mass is 392 g/mol. The fourth-order valence-corrected chi connectivity index (χ4v) is 3.51. The van der Waals surface area contributed by atoms with Gasteiger partial charge < -0.3 is 10.2 Å². The van der Waals surface area contributed by atoms with Crippen LogP contribution in [-0.4, -0.2) is 40.0 Å². The molecule has 7 heteroatoms. The Labute approximate surface area is 167 Å². The zero-order chi connectivity index (χ0) is 20.2. The number of H-pyrrole nitrogens is 1. The zero-order valence-corrected chi connectivity index (χ0v) is 15.8. The van der Waals surface area contributed by atoms with Gasteiger partial charge in [0.05, 0.1) is 6.42 Å². The summed E-state index contributed by atoms with van der Waals surface area (Å²) in [4.78, 5) is 26.7. The number of hydrogen-bond donors (Lipinski definition) is 2. The van der Waals surface area contributed by atoms with E-state index in [1.807, 2.05) is 30.3 Å². The smallest absolute Gasteiger partial charge is 0.276 e. The van der Waals surface area contributed by atoms with Gasteiger partial charge in [-0.2, -0.15) is 5.10 Å². The number of halogens is 1. The van der Waals surface area contributed by atoms with Crippen LogP contribution in [0, 0.1) is 5.82 Å². The lowest BCUT2D eigenvalue weighted by Crippen LogP contribution is -2.29. The van der Waals surface area contributed by atoms with Gasteiger partial charge in [0.1, 0.15) is 5.82 Å².